The number of unbranched alkanes of at least 4 members (excludes halogenated alkanes) is 1. The van der Waals surface area contributed by atoms with Gasteiger partial charge in [0.1, 0.15) is 0 Å². The van der Waals surface area contributed by atoms with Crippen molar-refractivity contribution in [3.8, 4) is 0 Å². The van der Waals surface area contributed by atoms with Gasteiger partial charge in [-0.05, 0) is 31.6 Å². The predicted octanol–water partition coefficient (Wildman–Crippen LogP) is 3.76. The lowest BCUT2D eigenvalue weighted by molar-refractivity contribution is 0.424. The summed E-state index contributed by atoms with van der Waals surface area (Å²) in [7, 11) is 0. The molecule has 0 rings (SSSR count). The third-order valence-electron chi connectivity index (χ3n) is 1.91. The van der Waals surface area contributed by atoms with Crippen LogP contribution in [0.4, 0.5) is 0 Å². The molecule has 0 aromatic carbocycles. The van der Waals surface area contributed by atoms with E-state index in [4.69, 9.17) is 0 Å². The Bertz CT molecular complexity index is 129. The molecule has 0 aromatic heterocycles. The Hall–Kier alpha value is -0.520. The SMILES string of the molecule is [CH2]C=CCCCC(C)(C)C=C. The summed E-state index contributed by atoms with van der Waals surface area (Å²) in [5.74, 6) is 0. The van der Waals surface area contributed by atoms with Crippen LogP contribution in [0.15, 0.2) is 24.8 Å². The van der Waals surface area contributed by atoms with Crippen molar-refractivity contribution in [3.05, 3.63) is 31.7 Å². The summed E-state index contributed by atoms with van der Waals surface area (Å²) in [6, 6.07) is 0. The highest BCUT2D eigenvalue weighted by Gasteiger charge is 2.10. The fraction of sp³-hybridized carbons (Fsp3) is 0.545. The highest BCUT2D eigenvalue weighted by atomic mass is 14.2. The summed E-state index contributed by atoms with van der Waals surface area (Å²) >= 11 is 0. The van der Waals surface area contributed by atoms with Gasteiger partial charge in [0, 0.05) is 0 Å². The maximum Gasteiger partial charge on any atom is -0.0177 e. The number of hydrogen-bond acceptors (Lipinski definition) is 0. The van der Waals surface area contributed by atoms with Crippen LogP contribution in [-0.2, 0) is 0 Å². The Morgan fingerprint density at radius 3 is 2.45 bits per heavy atom. The van der Waals surface area contributed by atoms with Crippen LogP contribution in [0.1, 0.15) is 33.1 Å². The predicted molar refractivity (Wildman–Crippen MR) is 52.3 cm³/mol. The highest BCUT2D eigenvalue weighted by Crippen LogP contribution is 2.23. The minimum Gasteiger partial charge on any atom is -0.103 e. The van der Waals surface area contributed by atoms with Crippen molar-refractivity contribution in [1.82, 2.24) is 0 Å². The summed E-state index contributed by atoms with van der Waals surface area (Å²) in [5.41, 5.74) is 0.301. The lowest BCUT2D eigenvalue weighted by Crippen LogP contribution is -2.05. The van der Waals surface area contributed by atoms with Crippen LogP contribution in [0.2, 0.25) is 0 Å². The summed E-state index contributed by atoms with van der Waals surface area (Å²) in [4.78, 5) is 0. The maximum absolute atomic E-state index is 3.80. The molecular formula is C11H19. The highest BCUT2D eigenvalue weighted by molar-refractivity contribution is 4.89. The van der Waals surface area contributed by atoms with Gasteiger partial charge in [-0.15, -0.1) is 6.58 Å². The Kier molecular flexibility index (Phi) is 4.93. The second-order valence-corrected chi connectivity index (χ2v) is 3.56. The quantitative estimate of drug-likeness (QED) is 0.414. The van der Waals surface area contributed by atoms with Crippen LogP contribution < -0.4 is 0 Å². The van der Waals surface area contributed by atoms with Crippen molar-refractivity contribution in [2.45, 2.75) is 33.1 Å². The monoisotopic (exact) mass is 151 g/mol. The van der Waals surface area contributed by atoms with E-state index in [1.54, 1.807) is 0 Å². The zero-order chi connectivity index (χ0) is 8.74. The lowest BCUT2D eigenvalue weighted by Gasteiger charge is -2.18. The number of allylic oxidation sites excluding steroid dienone is 3. The number of hydrogen-bond donors (Lipinski definition) is 0. The van der Waals surface area contributed by atoms with Crippen molar-refractivity contribution in [2.24, 2.45) is 5.41 Å². The van der Waals surface area contributed by atoms with E-state index in [-0.39, 0.29) is 0 Å². The van der Waals surface area contributed by atoms with Crippen LogP contribution in [0, 0.1) is 12.3 Å². The minimum atomic E-state index is 0.301. The van der Waals surface area contributed by atoms with Crippen molar-refractivity contribution < 1.29 is 0 Å². The van der Waals surface area contributed by atoms with Crippen LogP contribution >= 0.6 is 0 Å². The van der Waals surface area contributed by atoms with Gasteiger partial charge in [-0.25, -0.2) is 0 Å². The molecule has 0 N–H and O–H groups in total. The van der Waals surface area contributed by atoms with E-state index < -0.39 is 0 Å². The van der Waals surface area contributed by atoms with Gasteiger partial charge in [-0.3, -0.25) is 0 Å². The summed E-state index contributed by atoms with van der Waals surface area (Å²) < 4.78 is 0. The third-order valence-corrected chi connectivity index (χ3v) is 1.91. The smallest absolute Gasteiger partial charge is 0.0177 e. The van der Waals surface area contributed by atoms with Crippen molar-refractivity contribution in [3.63, 3.8) is 0 Å². The first-order valence-electron chi connectivity index (χ1n) is 4.20. The van der Waals surface area contributed by atoms with E-state index >= 15 is 0 Å². The molecule has 1 radical (unpaired) electrons. The Balaban J connectivity index is 3.45. The van der Waals surface area contributed by atoms with E-state index in [0.29, 0.717) is 5.41 Å². The molecule has 0 aliphatic rings. The molecule has 63 valence electrons. The zero-order valence-corrected chi connectivity index (χ0v) is 7.77. The van der Waals surface area contributed by atoms with Crippen LogP contribution in [0.3, 0.4) is 0 Å². The van der Waals surface area contributed by atoms with E-state index in [0.717, 1.165) is 6.42 Å². The molecular weight excluding hydrogens is 132 g/mol. The normalized spacial score (nSPS) is 12.3. The molecule has 0 saturated heterocycles. The molecule has 0 amide bonds. The van der Waals surface area contributed by atoms with Gasteiger partial charge in [0.15, 0.2) is 0 Å². The average Bonchev–Trinajstić information content (AvgIpc) is 1.99. The standard InChI is InChI=1S/C11H19/c1-5-7-8-9-10-11(3,4)6-2/h5-7H,1-2,8-10H2,3-4H3. The molecule has 0 heteroatoms. The molecule has 0 atom stereocenters. The molecule has 0 aliphatic heterocycles. The molecule has 11 heavy (non-hydrogen) atoms. The van der Waals surface area contributed by atoms with Gasteiger partial charge < -0.3 is 0 Å². The van der Waals surface area contributed by atoms with E-state index in [9.17, 15) is 0 Å². The maximum atomic E-state index is 3.80. The Morgan fingerprint density at radius 2 is 2.00 bits per heavy atom. The largest absolute Gasteiger partial charge is 0.103 e. The fourth-order valence-corrected chi connectivity index (χ4v) is 0.895. The van der Waals surface area contributed by atoms with Gasteiger partial charge in [0.25, 0.3) is 0 Å². The van der Waals surface area contributed by atoms with Crippen LogP contribution in [0.5, 0.6) is 0 Å². The van der Waals surface area contributed by atoms with Crippen molar-refractivity contribution in [2.75, 3.05) is 0 Å². The molecule has 0 spiro atoms. The summed E-state index contributed by atoms with van der Waals surface area (Å²) in [5, 5.41) is 0. The average molecular weight is 151 g/mol. The Labute approximate surface area is 71.0 Å². The first-order chi connectivity index (χ1) is 5.12. The third kappa shape index (κ3) is 5.90. The topological polar surface area (TPSA) is 0 Å². The zero-order valence-electron chi connectivity index (χ0n) is 7.77. The first kappa shape index (κ1) is 10.5. The molecule has 0 aromatic rings. The van der Waals surface area contributed by atoms with Gasteiger partial charge in [0.05, 0.1) is 0 Å². The fourth-order valence-electron chi connectivity index (χ4n) is 0.895. The van der Waals surface area contributed by atoms with Crippen LogP contribution in [-0.4, -0.2) is 0 Å². The molecule has 0 saturated carbocycles. The van der Waals surface area contributed by atoms with Gasteiger partial charge in [-0.1, -0.05) is 32.1 Å². The second kappa shape index (κ2) is 5.17. The minimum absolute atomic E-state index is 0.301. The molecule has 0 unspecified atom stereocenters. The number of rotatable bonds is 5. The van der Waals surface area contributed by atoms with Gasteiger partial charge >= 0.3 is 0 Å². The van der Waals surface area contributed by atoms with E-state index in [1.165, 1.54) is 12.8 Å². The summed E-state index contributed by atoms with van der Waals surface area (Å²) in [6.07, 6.45) is 9.58. The molecule has 0 fully saturated rings. The first-order valence-corrected chi connectivity index (χ1v) is 4.20. The molecule has 0 bridgehead atoms. The molecule has 0 nitrogen and oxygen atoms in total. The van der Waals surface area contributed by atoms with Crippen LogP contribution in [0.25, 0.3) is 0 Å². The van der Waals surface area contributed by atoms with Gasteiger partial charge in [-0.2, -0.15) is 0 Å². The van der Waals surface area contributed by atoms with E-state index in [1.807, 2.05) is 12.2 Å². The summed E-state index contributed by atoms with van der Waals surface area (Å²) in [6.45, 7) is 11.9. The second-order valence-electron chi connectivity index (χ2n) is 3.56. The molecule has 0 aliphatic carbocycles. The van der Waals surface area contributed by atoms with Crippen molar-refractivity contribution >= 4 is 0 Å². The molecule has 0 heterocycles. The van der Waals surface area contributed by atoms with Gasteiger partial charge in [0.2, 0.25) is 0 Å². The van der Waals surface area contributed by atoms with E-state index in [2.05, 4.69) is 33.4 Å². The Morgan fingerprint density at radius 1 is 1.36 bits per heavy atom. The van der Waals surface area contributed by atoms with Crippen molar-refractivity contribution in [1.29, 1.82) is 0 Å². The lowest BCUT2D eigenvalue weighted by atomic mass is 9.87.